The molecule has 0 saturated carbocycles. The van der Waals surface area contributed by atoms with Crippen molar-refractivity contribution in [3.8, 4) is 0 Å². The number of carbonyl (C=O) groups is 1. The van der Waals surface area contributed by atoms with Gasteiger partial charge >= 0.3 is 0 Å². The van der Waals surface area contributed by atoms with E-state index in [2.05, 4.69) is 0 Å². The summed E-state index contributed by atoms with van der Waals surface area (Å²) in [7, 11) is 0. The molecule has 1 amide bonds. The fourth-order valence-electron chi connectivity index (χ4n) is 1.03. The summed E-state index contributed by atoms with van der Waals surface area (Å²) in [6, 6.07) is 7.42. The molecule has 4 nitrogen and oxygen atoms in total. The molecule has 5 heteroatoms. The van der Waals surface area contributed by atoms with E-state index in [-0.39, 0.29) is 12.3 Å². The van der Waals surface area contributed by atoms with E-state index in [1.165, 1.54) is 0 Å². The zero-order valence-electron chi connectivity index (χ0n) is 8.20. The molecule has 0 radical (unpaired) electrons. The van der Waals surface area contributed by atoms with Crippen LogP contribution >= 0.6 is 11.6 Å². The van der Waals surface area contributed by atoms with Crippen molar-refractivity contribution >= 4 is 17.5 Å². The molecule has 0 aliphatic heterocycles. The van der Waals surface area contributed by atoms with Crippen molar-refractivity contribution in [2.45, 2.75) is 13.0 Å². The third kappa shape index (κ3) is 4.29. The second-order valence-corrected chi connectivity index (χ2v) is 3.37. The lowest BCUT2D eigenvalue weighted by Gasteiger charge is -2.05. The van der Waals surface area contributed by atoms with Crippen LogP contribution in [0.2, 0.25) is 5.02 Å². The Bertz CT molecular complexity index is 331. The maximum atomic E-state index is 10.7. The quantitative estimate of drug-likeness (QED) is 0.345. The third-order valence-electron chi connectivity index (χ3n) is 1.85. The molecule has 0 unspecified atom stereocenters. The summed E-state index contributed by atoms with van der Waals surface area (Å²) in [6.07, 6.45) is 0.251. The molecule has 0 fully saturated rings. The Morgan fingerprint density at radius 3 is 2.87 bits per heavy atom. The predicted octanol–water partition coefficient (Wildman–Crippen LogP) is 1.24. The number of ether oxygens (including phenoxy) is 1. The summed E-state index contributed by atoms with van der Waals surface area (Å²) in [5.74, 6) is 4.67. The highest BCUT2D eigenvalue weighted by Gasteiger charge is 2.00. The first kappa shape index (κ1) is 12.0. The number of hydrazine groups is 1. The Morgan fingerprint density at radius 2 is 2.20 bits per heavy atom. The second-order valence-electron chi connectivity index (χ2n) is 2.96. The van der Waals surface area contributed by atoms with Gasteiger partial charge in [-0.25, -0.2) is 5.84 Å². The van der Waals surface area contributed by atoms with Gasteiger partial charge in [0.2, 0.25) is 5.91 Å². The Morgan fingerprint density at radius 1 is 1.47 bits per heavy atom. The van der Waals surface area contributed by atoms with Crippen molar-refractivity contribution in [3.05, 3.63) is 34.9 Å². The van der Waals surface area contributed by atoms with Crippen molar-refractivity contribution in [1.82, 2.24) is 5.43 Å². The number of halogens is 1. The summed E-state index contributed by atoms with van der Waals surface area (Å²) in [5, 5.41) is 0.667. The highest BCUT2D eigenvalue weighted by Crippen LogP contribution is 2.15. The van der Waals surface area contributed by atoms with E-state index in [0.717, 1.165) is 5.56 Å². The number of carbonyl (C=O) groups excluding carboxylic acids is 1. The molecular formula is C10H13ClN2O2. The van der Waals surface area contributed by atoms with E-state index in [1.807, 2.05) is 23.6 Å². The summed E-state index contributed by atoms with van der Waals surface area (Å²) in [5.41, 5.74) is 2.94. The molecule has 15 heavy (non-hydrogen) atoms. The first-order chi connectivity index (χ1) is 7.24. The maximum absolute atomic E-state index is 10.7. The molecule has 1 aromatic carbocycles. The van der Waals surface area contributed by atoms with Crippen molar-refractivity contribution in [1.29, 1.82) is 0 Å². The van der Waals surface area contributed by atoms with Crippen LogP contribution in [-0.4, -0.2) is 12.5 Å². The van der Waals surface area contributed by atoms with Crippen LogP contribution in [0.3, 0.4) is 0 Å². The second kappa shape index (κ2) is 6.40. The van der Waals surface area contributed by atoms with Gasteiger partial charge in [-0.3, -0.25) is 10.2 Å². The summed E-state index contributed by atoms with van der Waals surface area (Å²) in [4.78, 5) is 10.7. The molecule has 0 aliphatic carbocycles. The van der Waals surface area contributed by atoms with Crippen LogP contribution in [0, 0.1) is 0 Å². The maximum Gasteiger partial charge on any atom is 0.236 e. The zero-order chi connectivity index (χ0) is 11.1. The molecular weight excluding hydrogens is 216 g/mol. The van der Waals surface area contributed by atoms with Gasteiger partial charge in [-0.15, -0.1) is 0 Å². The van der Waals surface area contributed by atoms with Gasteiger partial charge in [-0.2, -0.15) is 0 Å². The third-order valence-corrected chi connectivity index (χ3v) is 2.22. The standard InChI is InChI=1S/C10H13ClN2O2/c11-9-4-2-1-3-8(9)7-15-6-5-10(14)13-12/h1-4H,5-7,12H2,(H,13,14). The fraction of sp³-hybridized carbons (Fsp3) is 0.300. The number of benzene rings is 1. The number of amides is 1. The summed E-state index contributed by atoms with van der Waals surface area (Å²) in [6.45, 7) is 0.728. The molecule has 0 atom stereocenters. The average Bonchev–Trinajstić information content (AvgIpc) is 2.26. The molecule has 0 heterocycles. The van der Waals surface area contributed by atoms with Gasteiger partial charge in [-0.1, -0.05) is 29.8 Å². The van der Waals surface area contributed by atoms with Gasteiger partial charge in [0.1, 0.15) is 0 Å². The normalized spacial score (nSPS) is 10.0. The van der Waals surface area contributed by atoms with Gasteiger partial charge in [-0.05, 0) is 11.6 Å². The monoisotopic (exact) mass is 228 g/mol. The Labute approximate surface area is 93.3 Å². The van der Waals surface area contributed by atoms with Crippen molar-refractivity contribution in [2.75, 3.05) is 6.61 Å². The zero-order valence-corrected chi connectivity index (χ0v) is 8.96. The molecule has 0 aliphatic rings. The van der Waals surface area contributed by atoms with Crippen molar-refractivity contribution < 1.29 is 9.53 Å². The molecule has 0 saturated heterocycles. The van der Waals surface area contributed by atoms with Crippen LogP contribution in [0.25, 0.3) is 0 Å². The first-order valence-corrected chi connectivity index (χ1v) is 4.92. The summed E-state index contributed by atoms with van der Waals surface area (Å²) >= 11 is 5.91. The van der Waals surface area contributed by atoms with E-state index in [1.54, 1.807) is 6.07 Å². The molecule has 1 aromatic rings. The molecule has 0 spiro atoms. The van der Waals surface area contributed by atoms with E-state index in [0.29, 0.717) is 18.2 Å². The van der Waals surface area contributed by atoms with Crippen LogP contribution in [0.15, 0.2) is 24.3 Å². The Hall–Kier alpha value is -1.10. The molecule has 1 rings (SSSR count). The largest absolute Gasteiger partial charge is 0.376 e. The number of nitrogens with one attached hydrogen (secondary N) is 1. The molecule has 3 N–H and O–H groups in total. The van der Waals surface area contributed by atoms with E-state index < -0.39 is 0 Å². The smallest absolute Gasteiger partial charge is 0.236 e. The van der Waals surface area contributed by atoms with Gasteiger partial charge in [0.25, 0.3) is 0 Å². The van der Waals surface area contributed by atoms with Crippen LogP contribution in [-0.2, 0) is 16.1 Å². The highest BCUT2D eigenvalue weighted by atomic mass is 35.5. The lowest BCUT2D eigenvalue weighted by molar-refractivity contribution is -0.122. The fourth-order valence-corrected chi connectivity index (χ4v) is 1.22. The first-order valence-electron chi connectivity index (χ1n) is 4.54. The number of rotatable bonds is 5. The minimum Gasteiger partial charge on any atom is -0.376 e. The van der Waals surface area contributed by atoms with Gasteiger partial charge in [0.05, 0.1) is 19.6 Å². The van der Waals surface area contributed by atoms with E-state index in [4.69, 9.17) is 22.2 Å². The van der Waals surface area contributed by atoms with Crippen LogP contribution in [0.5, 0.6) is 0 Å². The molecule has 82 valence electrons. The molecule has 0 aromatic heterocycles. The lowest BCUT2D eigenvalue weighted by atomic mass is 10.2. The Balaban J connectivity index is 2.26. The predicted molar refractivity (Wildman–Crippen MR) is 58.1 cm³/mol. The van der Waals surface area contributed by atoms with Gasteiger partial charge < -0.3 is 4.74 Å². The number of hydrogen-bond acceptors (Lipinski definition) is 3. The van der Waals surface area contributed by atoms with Crippen molar-refractivity contribution in [3.63, 3.8) is 0 Å². The summed E-state index contributed by atoms with van der Waals surface area (Å²) < 4.78 is 5.27. The van der Waals surface area contributed by atoms with Crippen LogP contribution in [0.1, 0.15) is 12.0 Å². The van der Waals surface area contributed by atoms with E-state index >= 15 is 0 Å². The van der Waals surface area contributed by atoms with Crippen LogP contribution < -0.4 is 11.3 Å². The van der Waals surface area contributed by atoms with Gasteiger partial charge in [0, 0.05) is 5.02 Å². The van der Waals surface area contributed by atoms with Gasteiger partial charge in [0.15, 0.2) is 0 Å². The van der Waals surface area contributed by atoms with Crippen molar-refractivity contribution in [2.24, 2.45) is 5.84 Å². The molecule has 0 bridgehead atoms. The minimum atomic E-state index is -0.242. The minimum absolute atomic E-state index is 0.242. The van der Waals surface area contributed by atoms with Crippen LogP contribution in [0.4, 0.5) is 0 Å². The Kier molecular flexibility index (Phi) is 5.10. The van der Waals surface area contributed by atoms with E-state index in [9.17, 15) is 4.79 Å². The lowest BCUT2D eigenvalue weighted by Crippen LogP contribution is -2.30. The topological polar surface area (TPSA) is 64.3 Å². The number of nitrogens with two attached hydrogens (primary N) is 1. The highest BCUT2D eigenvalue weighted by molar-refractivity contribution is 6.31. The SMILES string of the molecule is NNC(=O)CCOCc1ccccc1Cl. The number of hydrogen-bond donors (Lipinski definition) is 2. The average molecular weight is 229 g/mol.